The molecule has 1 aromatic carbocycles. The van der Waals surface area contributed by atoms with Crippen LogP contribution in [0.2, 0.25) is 0 Å². The second-order valence-corrected chi connectivity index (χ2v) is 9.80. The summed E-state index contributed by atoms with van der Waals surface area (Å²) in [5.74, 6) is 0.170. The van der Waals surface area contributed by atoms with Gasteiger partial charge in [0.15, 0.2) is 0 Å². The molecule has 2 aromatic rings. The lowest BCUT2D eigenvalue weighted by molar-refractivity contribution is -0.145. The molecule has 0 spiro atoms. The number of methoxy groups -OCH3 is 1. The van der Waals surface area contributed by atoms with Crippen LogP contribution in [0.15, 0.2) is 35.7 Å². The van der Waals surface area contributed by atoms with Crippen LogP contribution in [0.4, 0.5) is 0 Å². The molecule has 32 heavy (non-hydrogen) atoms. The van der Waals surface area contributed by atoms with Crippen molar-refractivity contribution in [1.29, 1.82) is 0 Å². The Bertz CT molecular complexity index is 959. The molecule has 2 unspecified atom stereocenters. The Morgan fingerprint density at radius 3 is 2.66 bits per heavy atom. The Kier molecular flexibility index (Phi) is 7.28. The van der Waals surface area contributed by atoms with Crippen LogP contribution in [0, 0.1) is 6.92 Å². The van der Waals surface area contributed by atoms with E-state index in [1.165, 1.54) is 28.7 Å². The SMILES string of the molecule is COCC(=O)N1CCN(C(=O)CCN2CCc3sccc3C2c2ccccc2C)CC1C. The summed E-state index contributed by atoms with van der Waals surface area (Å²) in [7, 11) is 1.53. The molecule has 4 rings (SSSR count). The number of benzene rings is 1. The highest BCUT2D eigenvalue weighted by Gasteiger charge is 2.32. The second-order valence-electron chi connectivity index (χ2n) is 8.80. The molecule has 0 N–H and O–H groups in total. The average molecular weight is 456 g/mol. The van der Waals surface area contributed by atoms with Gasteiger partial charge in [0, 0.05) is 57.2 Å². The number of piperazine rings is 1. The quantitative estimate of drug-likeness (QED) is 0.672. The molecule has 2 atom stereocenters. The molecule has 2 aliphatic heterocycles. The number of carbonyl (C=O) groups excluding carboxylic acids is 2. The molecule has 172 valence electrons. The van der Waals surface area contributed by atoms with Gasteiger partial charge in [-0.2, -0.15) is 0 Å². The molecule has 7 heteroatoms. The van der Waals surface area contributed by atoms with E-state index in [1.807, 2.05) is 28.1 Å². The number of rotatable bonds is 6. The first kappa shape index (κ1) is 23.0. The summed E-state index contributed by atoms with van der Waals surface area (Å²) in [6.07, 6.45) is 1.54. The van der Waals surface area contributed by atoms with E-state index in [0.29, 0.717) is 26.1 Å². The van der Waals surface area contributed by atoms with Crippen LogP contribution in [0.5, 0.6) is 0 Å². The number of carbonyl (C=O) groups is 2. The summed E-state index contributed by atoms with van der Waals surface area (Å²) in [6.45, 7) is 7.73. The van der Waals surface area contributed by atoms with E-state index in [1.54, 1.807) is 0 Å². The Morgan fingerprint density at radius 2 is 1.91 bits per heavy atom. The lowest BCUT2D eigenvalue weighted by atomic mass is 9.90. The molecule has 1 aromatic heterocycles. The maximum Gasteiger partial charge on any atom is 0.248 e. The van der Waals surface area contributed by atoms with E-state index in [-0.39, 0.29) is 30.5 Å². The lowest BCUT2D eigenvalue weighted by Gasteiger charge is -2.40. The van der Waals surface area contributed by atoms with Crippen molar-refractivity contribution >= 4 is 23.2 Å². The van der Waals surface area contributed by atoms with Crippen LogP contribution in [-0.2, 0) is 20.7 Å². The molecule has 6 nitrogen and oxygen atoms in total. The first-order chi connectivity index (χ1) is 15.5. The maximum absolute atomic E-state index is 13.1. The first-order valence-electron chi connectivity index (χ1n) is 11.4. The van der Waals surface area contributed by atoms with Crippen molar-refractivity contribution in [2.45, 2.75) is 38.8 Å². The zero-order chi connectivity index (χ0) is 22.7. The van der Waals surface area contributed by atoms with Gasteiger partial charge < -0.3 is 14.5 Å². The van der Waals surface area contributed by atoms with E-state index >= 15 is 0 Å². The molecule has 0 bridgehead atoms. The highest BCUT2D eigenvalue weighted by molar-refractivity contribution is 7.10. The van der Waals surface area contributed by atoms with Gasteiger partial charge in [0.1, 0.15) is 6.61 Å². The van der Waals surface area contributed by atoms with Crippen molar-refractivity contribution in [3.63, 3.8) is 0 Å². The number of amides is 2. The van der Waals surface area contributed by atoms with Gasteiger partial charge in [-0.05, 0) is 48.4 Å². The van der Waals surface area contributed by atoms with Gasteiger partial charge in [0.25, 0.3) is 0 Å². The number of ether oxygens (including phenoxy) is 1. The fourth-order valence-electron chi connectivity index (χ4n) is 5.03. The Labute approximate surface area is 194 Å². The molecule has 2 aliphatic rings. The summed E-state index contributed by atoms with van der Waals surface area (Å²) < 4.78 is 4.98. The van der Waals surface area contributed by atoms with Crippen LogP contribution in [0.3, 0.4) is 0 Å². The number of nitrogens with zero attached hydrogens (tertiary/aromatic N) is 3. The van der Waals surface area contributed by atoms with Gasteiger partial charge in [0.2, 0.25) is 11.8 Å². The zero-order valence-corrected chi connectivity index (χ0v) is 20.1. The highest BCUT2D eigenvalue weighted by Crippen LogP contribution is 2.38. The van der Waals surface area contributed by atoms with Crippen LogP contribution < -0.4 is 0 Å². The van der Waals surface area contributed by atoms with Crippen LogP contribution in [0.1, 0.15) is 41.0 Å². The molecule has 3 heterocycles. The fourth-order valence-corrected chi connectivity index (χ4v) is 5.93. The molecular formula is C25H33N3O3S. The van der Waals surface area contributed by atoms with Gasteiger partial charge in [0.05, 0.1) is 6.04 Å². The molecule has 0 saturated carbocycles. The number of aryl methyl sites for hydroxylation is 1. The van der Waals surface area contributed by atoms with E-state index in [0.717, 1.165) is 19.5 Å². The average Bonchev–Trinajstić information content (AvgIpc) is 3.26. The first-order valence-corrected chi connectivity index (χ1v) is 12.3. The van der Waals surface area contributed by atoms with Crippen molar-refractivity contribution in [3.05, 3.63) is 57.3 Å². The van der Waals surface area contributed by atoms with Crippen LogP contribution in [-0.4, -0.2) is 79.0 Å². The number of hydrogen-bond acceptors (Lipinski definition) is 5. The maximum atomic E-state index is 13.1. The highest BCUT2D eigenvalue weighted by atomic mass is 32.1. The van der Waals surface area contributed by atoms with Gasteiger partial charge >= 0.3 is 0 Å². The van der Waals surface area contributed by atoms with Crippen molar-refractivity contribution in [2.24, 2.45) is 0 Å². The van der Waals surface area contributed by atoms with Crippen LogP contribution >= 0.6 is 11.3 Å². The summed E-state index contributed by atoms with van der Waals surface area (Å²) in [5, 5.41) is 2.19. The second kappa shape index (κ2) is 10.1. The van der Waals surface area contributed by atoms with Crippen molar-refractivity contribution in [3.8, 4) is 0 Å². The molecular weight excluding hydrogens is 422 g/mol. The third-order valence-electron chi connectivity index (χ3n) is 6.73. The van der Waals surface area contributed by atoms with Gasteiger partial charge in [-0.3, -0.25) is 14.5 Å². The van der Waals surface area contributed by atoms with Crippen molar-refractivity contribution in [1.82, 2.24) is 14.7 Å². The minimum atomic E-state index is -0.00643. The smallest absolute Gasteiger partial charge is 0.248 e. The van der Waals surface area contributed by atoms with Gasteiger partial charge in [-0.1, -0.05) is 24.3 Å². The van der Waals surface area contributed by atoms with Crippen LogP contribution in [0.25, 0.3) is 0 Å². The summed E-state index contributed by atoms with van der Waals surface area (Å²) in [6, 6.07) is 11.1. The lowest BCUT2D eigenvalue weighted by Crippen LogP contribution is -2.56. The van der Waals surface area contributed by atoms with Crippen molar-refractivity contribution in [2.75, 3.05) is 46.4 Å². The van der Waals surface area contributed by atoms with Gasteiger partial charge in [-0.15, -0.1) is 11.3 Å². The Hall–Kier alpha value is -2.22. The molecule has 1 fully saturated rings. The van der Waals surface area contributed by atoms with E-state index < -0.39 is 0 Å². The predicted molar refractivity (Wildman–Crippen MR) is 127 cm³/mol. The van der Waals surface area contributed by atoms with E-state index in [2.05, 4.69) is 47.5 Å². The number of fused-ring (bicyclic) bond motifs is 1. The van der Waals surface area contributed by atoms with Gasteiger partial charge in [-0.25, -0.2) is 0 Å². The van der Waals surface area contributed by atoms with E-state index in [9.17, 15) is 9.59 Å². The minimum Gasteiger partial charge on any atom is -0.375 e. The Morgan fingerprint density at radius 1 is 1.09 bits per heavy atom. The normalized spacial score (nSPS) is 21.5. The monoisotopic (exact) mass is 455 g/mol. The predicted octanol–water partition coefficient (Wildman–Crippen LogP) is 3.10. The Balaban J connectivity index is 1.41. The number of thiophene rings is 1. The molecule has 0 aliphatic carbocycles. The topological polar surface area (TPSA) is 53.1 Å². The number of hydrogen-bond donors (Lipinski definition) is 0. The van der Waals surface area contributed by atoms with E-state index in [4.69, 9.17) is 4.74 Å². The third-order valence-corrected chi connectivity index (χ3v) is 7.73. The van der Waals surface area contributed by atoms with Crippen molar-refractivity contribution < 1.29 is 14.3 Å². The standard InChI is InChI=1S/C25H33N3O3S/c1-18-6-4-5-7-20(18)25-21-10-15-32-22(21)8-11-26(25)12-9-23(29)27-13-14-28(19(2)16-27)24(30)17-31-3/h4-7,10,15,19,25H,8-9,11-14,16-17H2,1-3H3. The summed E-state index contributed by atoms with van der Waals surface area (Å²) in [5.41, 5.74) is 4.01. The largest absolute Gasteiger partial charge is 0.375 e. The molecule has 0 radical (unpaired) electrons. The fraction of sp³-hybridized carbons (Fsp3) is 0.520. The molecule has 2 amide bonds. The summed E-state index contributed by atoms with van der Waals surface area (Å²) >= 11 is 1.84. The minimum absolute atomic E-state index is 0.00643. The summed E-state index contributed by atoms with van der Waals surface area (Å²) in [4.78, 5) is 32.9. The third kappa shape index (κ3) is 4.75. The zero-order valence-electron chi connectivity index (χ0n) is 19.3. The molecule has 1 saturated heterocycles.